The maximum Gasteiger partial charge on any atom is 0.220 e. The van der Waals surface area contributed by atoms with Crippen molar-refractivity contribution in [2.75, 3.05) is 31.6 Å². The Labute approximate surface area is 175 Å². The number of hydrogen-bond donors (Lipinski definition) is 2. The number of ether oxygens (including phenoxy) is 1. The van der Waals surface area contributed by atoms with E-state index in [-0.39, 0.29) is 11.8 Å². The minimum atomic E-state index is -0.192. The number of nitrogens with zero attached hydrogens (tertiary/aromatic N) is 3. The summed E-state index contributed by atoms with van der Waals surface area (Å²) < 4.78 is 5.50. The van der Waals surface area contributed by atoms with E-state index in [4.69, 9.17) is 10.5 Å². The summed E-state index contributed by atoms with van der Waals surface area (Å²) >= 11 is 1.75. The highest BCUT2D eigenvalue weighted by molar-refractivity contribution is 7.19. The van der Waals surface area contributed by atoms with E-state index in [1.165, 1.54) is 23.3 Å². The number of nitrogens with two attached hydrogens (primary N) is 1. The third kappa shape index (κ3) is 3.85. The van der Waals surface area contributed by atoms with Crippen LogP contribution < -0.4 is 11.1 Å². The number of fused-ring (bicyclic) bond motifs is 3. The van der Waals surface area contributed by atoms with Gasteiger partial charge in [-0.3, -0.25) is 9.69 Å². The molecule has 0 unspecified atom stereocenters. The molecule has 1 amide bonds. The first kappa shape index (κ1) is 19.2. The smallest absolute Gasteiger partial charge is 0.220 e. The molecule has 7 nitrogen and oxygen atoms in total. The molecule has 8 heteroatoms. The lowest BCUT2D eigenvalue weighted by molar-refractivity contribution is -0.122. The summed E-state index contributed by atoms with van der Waals surface area (Å²) in [5.74, 6) is 0.674. The predicted octanol–water partition coefficient (Wildman–Crippen LogP) is 2.34. The first-order chi connectivity index (χ1) is 14.2. The quantitative estimate of drug-likeness (QED) is 0.796. The number of carbonyl (C=O) groups excluding carboxylic acids is 1. The molecule has 2 aromatic rings. The molecule has 5 rings (SSSR count). The Morgan fingerprint density at radius 3 is 2.72 bits per heavy atom. The van der Waals surface area contributed by atoms with Crippen molar-refractivity contribution in [3.05, 3.63) is 16.8 Å². The topological polar surface area (TPSA) is 93.4 Å². The fraction of sp³-hybridized carbons (Fsp3) is 0.667. The van der Waals surface area contributed by atoms with Gasteiger partial charge in [-0.1, -0.05) is 0 Å². The lowest BCUT2D eigenvalue weighted by Crippen LogP contribution is -2.46. The number of thiophene rings is 1. The van der Waals surface area contributed by atoms with Crippen molar-refractivity contribution in [2.24, 2.45) is 11.7 Å². The lowest BCUT2D eigenvalue weighted by atomic mass is 9.86. The number of carbonyl (C=O) groups is 1. The number of rotatable bonds is 4. The minimum Gasteiger partial charge on any atom is -0.379 e. The number of anilines is 1. The Kier molecular flexibility index (Phi) is 5.41. The number of nitrogens with one attached hydrogen (secondary N) is 1. The highest BCUT2D eigenvalue weighted by Crippen LogP contribution is 2.40. The number of primary amides is 1. The summed E-state index contributed by atoms with van der Waals surface area (Å²) in [6.45, 7) is 3.87. The zero-order chi connectivity index (χ0) is 19.8. The zero-order valence-electron chi connectivity index (χ0n) is 16.7. The number of amides is 1. The van der Waals surface area contributed by atoms with E-state index < -0.39 is 0 Å². The van der Waals surface area contributed by atoms with Gasteiger partial charge in [0, 0.05) is 36.0 Å². The molecule has 0 aromatic carbocycles. The Morgan fingerprint density at radius 2 is 1.97 bits per heavy atom. The summed E-state index contributed by atoms with van der Waals surface area (Å²) in [5.41, 5.74) is 6.85. The first-order valence-electron chi connectivity index (χ1n) is 10.8. The molecule has 3 N–H and O–H groups in total. The Hall–Kier alpha value is -1.77. The average molecular weight is 416 g/mol. The van der Waals surface area contributed by atoms with Gasteiger partial charge in [-0.15, -0.1) is 11.3 Å². The van der Waals surface area contributed by atoms with Crippen LogP contribution in [-0.2, 0) is 22.4 Å². The van der Waals surface area contributed by atoms with Gasteiger partial charge in [0.25, 0.3) is 0 Å². The third-order valence-corrected chi connectivity index (χ3v) is 8.04. The third-order valence-electron chi connectivity index (χ3n) is 6.84. The average Bonchev–Trinajstić information content (AvgIpc) is 3.13. The van der Waals surface area contributed by atoms with Crippen LogP contribution >= 0.6 is 11.3 Å². The number of hydrogen-bond acceptors (Lipinski definition) is 7. The molecule has 29 heavy (non-hydrogen) atoms. The molecule has 1 saturated carbocycles. The molecule has 0 bridgehead atoms. The summed E-state index contributed by atoms with van der Waals surface area (Å²) in [6, 6.07) is 1.13. The summed E-state index contributed by atoms with van der Waals surface area (Å²) in [6.07, 6.45) is 8.89. The largest absolute Gasteiger partial charge is 0.379 e. The molecule has 3 aliphatic rings. The van der Waals surface area contributed by atoms with E-state index in [9.17, 15) is 4.79 Å². The molecule has 1 saturated heterocycles. The zero-order valence-corrected chi connectivity index (χ0v) is 17.5. The van der Waals surface area contributed by atoms with E-state index in [1.54, 1.807) is 17.7 Å². The van der Waals surface area contributed by atoms with Gasteiger partial charge in [-0.05, 0) is 50.5 Å². The number of aromatic nitrogens is 2. The summed E-state index contributed by atoms with van der Waals surface area (Å²) in [5, 5.41) is 4.84. The second-order valence-electron chi connectivity index (χ2n) is 8.55. The van der Waals surface area contributed by atoms with Gasteiger partial charge in [-0.25, -0.2) is 9.97 Å². The molecule has 0 radical (unpaired) electrons. The molecule has 3 heterocycles. The summed E-state index contributed by atoms with van der Waals surface area (Å²) in [7, 11) is 0. The number of morpholine rings is 1. The van der Waals surface area contributed by atoms with Crippen molar-refractivity contribution >= 4 is 33.3 Å². The molecule has 2 aromatic heterocycles. The fourth-order valence-electron chi connectivity index (χ4n) is 5.18. The number of aryl methyl sites for hydroxylation is 1. The van der Waals surface area contributed by atoms with Crippen LogP contribution in [0.5, 0.6) is 0 Å². The van der Waals surface area contributed by atoms with E-state index in [0.29, 0.717) is 12.1 Å². The molecule has 2 aliphatic carbocycles. The molecular formula is C21H29N5O2S. The van der Waals surface area contributed by atoms with Crippen LogP contribution in [0.25, 0.3) is 10.2 Å². The Bertz CT molecular complexity index is 887. The van der Waals surface area contributed by atoms with Crippen molar-refractivity contribution in [3.8, 4) is 0 Å². The van der Waals surface area contributed by atoms with Gasteiger partial charge in [0.1, 0.15) is 17.0 Å². The first-order valence-corrected chi connectivity index (χ1v) is 11.6. The highest BCUT2D eigenvalue weighted by Gasteiger charge is 2.30. The van der Waals surface area contributed by atoms with E-state index in [2.05, 4.69) is 20.2 Å². The minimum absolute atomic E-state index is 0.0719. The van der Waals surface area contributed by atoms with Crippen LogP contribution in [0.3, 0.4) is 0 Å². The van der Waals surface area contributed by atoms with Crippen molar-refractivity contribution < 1.29 is 9.53 Å². The SMILES string of the molecule is NC(=O)[C@@H]1CCc2sc3ncnc(N[C@H]4CC[C@H](N5CCOCC5)CC4)c3c2C1. The molecule has 2 fully saturated rings. The van der Waals surface area contributed by atoms with E-state index in [1.807, 2.05) is 0 Å². The Balaban J connectivity index is 1.31. The van der Waals surface area contributed by atoms with Crippen LogP contribution in [0.1, 0.15) is 42.5 Å². The van der Waals surface area contributed by atoms with Gasteiger partial charge in [-0.2, -0.15) is 0 Å². The normalized spacial score (nSPS) is 28.2. The standard InChI is InChI=1S/C21H29N5O2S/c22-19(27)13-1-6-17-16(11-13)18-20(23-12-24-21(18)29-17)25-14-2-4-15(5-3-14)26-7-9-28-10-8-26/h12-15H,1-11H2,(H2,22,27)(H,23,24,25)/t13-,14-,15-/m1/s1. The van der Waals surface area contributed by atoms with Crippen molar-refractivity contribution in [3.63, 3.8) is 0 Å². The van der Waals surface area contributed by atoms with Crippen LogP contribution in [0.15, 0.2) is 6.33 Å². The maximum atomic E-state index is 11.8. The van der Waals surface area contributed by atoms with Crippen LogP contribution in [0.4, 0.5) is 5.82 Å². The maximum absolute atomic E-state index is 11.8. The Morgan fingerprint density at radius 1 is 1.17 bits per heavy atom. The molecule has 156 valence electrons. The van der Waals surface area contributed by atoms with Gasteiger partial charge in [0.2, 0.25) is 5.91 Å². The highest BCUT2D eigenvalue weighted by atomic mass is 32.1. The van der Waals surface area contributed by atoms with Gasteiger partial charge < -0.3 is 15.8 Å². The van der Waals surface area contributed by atoms with Crippen LogP contribution in [-0.4, -0.2) is 59.2 Å². The molecule has 1 aliphatic heterocycles. The summed E-state index contributed by atoms with van der Waals surface area (Å²) in [4.78, 5) is 25.8. The van der Waals surface area contributed by atoms with Crippen LogP contribution in [0, 0.1) is 5.92 Å². The lowest BCUT2D eigenvalue weighted by Gasteiger charge is -2.39. The van der Waals surface area contributed by atoms with Gasteiger partial charge in [0.15, 0.2) is 0 Å². The van der Waals surface area contributed by atoms with Crippen molar-refractivity contribution in [1.82, 2.24) is 14.9 Å². The van der Waals surface area contributed by atoms with Crippen LogP contribution in [0.2, 0.25) is 0 Å². The van der Waals surface area contributed by atoms with E-state index >= 15 is 0 Å². The van der Waals surface area contributed by atoms with Gasteiger partial charge in [0.05, 0.1) is 18.6 Å². The second-order valence-corrected chi connectivity index (χ2v) is 9.63. The second kappa shape index (κ2) is 8.16. The monoisotopic (exact) mass is 415 g/mol. The molecule has 0 spiro atoms. The van der Waals surface area contributed by atoms with E-state index in [0.717, 1.165) is 74.4 Å². The predicted molar refractivity (Wildman–Crippen MR) is 114 cm³/mol. The molecular weight excluding hydrogens is 386 g/mol. The molecule has 1 atom stereocenters. The van der Waals surface area contributed by atoms with Gasteiger partial charge >= 0.3 is 0 Å². The fourth-order valence-corrected chi connectivity index (χ4v) is 6.37. The van der Waals surface area contributed by atoms with Crippen molar-refractivity contribution in [2.45, 2.75) is 57.0 Å². The van der Waals surface area contributed by atoms with Crippen molar-refractivity contribution in [1.29, 1.82) is 0 Å².